The molecule has 0 atom stereocenters. The van der Waals surface area contributed by atoms with Crippen molar-refractivity contribution in [1.82, 2.24) is 4.90 Å². The second-order valence-electron chi connectivity index (χ2n) is 7.77. The van der Waals surface area contributed by atoms with Crippen molar-refractivity contribution in [2.45, 2.75) is 32.4 Å². The van der Waals surface area contributed by atoms with E-state index in [-0.39, 0.29) is 24.6 Å². The van der Waals surface area contributed by atoms with E-state index in [1.54, 1.807) is 11.0 Å². The third-order valence-electron chi connectivity index (χ3n) is 5.64. The van der Waals surface area contributed by atoms with Gasteiger partial charge in [-0.2, -0.15) is 13.2 Å². The molecular weight excluding hydrogens is 381 g/mol. The third-order valence-corrected chi connectivity index (χ3v) is 5.64. The molecule has 2 aromatic carbocycles. The molecule has 1 aliphatic heterocycles. The molecule has 2 amide bonds. The number of hydrogen-bond acceptors (Lipinski definition) is 2. The largest absolute Gasteiger partial charge is 0.416 e. The van der Waals surface area contributed by atoms with Crippen molar-refractivity contribution in [3.05, 3.63) is 65.2 Å². The zero-order valence-corrected chi connectivity index (χ0v) is 16.3. The fourth-order valence-corrected chi connectivity index (χ4v) is 3.77. The maximum atomic E-state index is 13.3. The summed E-state index contributed by atoms with van der Waals surface area (Å²) < 4.78 is 39.9. The SMILES string of the molecule is Cc1ccc(NC(=O)N2CCC(CO)(Cc3ccccc3C(F)(F)F)CC2)cc1. The first-order chi connectivity index (χ1) is 13.7. The zero-order chi connectivity index (χ0) is 21.1. The van der Waals surface area contributed by atoms with Gasteiger partial charge in [-0.25, -0.2) is 4.79 Å². The number of alkyl halides is 3. The first-order valence-corrected chi connectivity index (χ1v) is 9.61. The van der Waals surface area contributed by atoms with E-state index in [2.05, 4.69) is 5.32 Å². The van der Waals surface area contributed by atoms with E-state index in [1.165, 1.54) is 12.1 Å². The van der Waals surface area contributed by atoms with E-state index in [9.17, 15) is 23.1 Å². The Balaban J connectivity index is 1.66. The molecule has 3 rings (SSSR count). The predicted molar refractivity (Wildman–Crippen MR) is 106 cm³/mol. The lowest BCUT2D eigenvalue weighted by molar-refractivity contribution is -0.138. The first kappa shape index (κ1) is 21.2. The molecule has 0 unspecified atom stereocenters. The van der Waals surface area contributed by atoms with Crippen molar-refractivity contribution >= 4 is 11.7 Å². The minimum atomic E-state index is -4.43. The number of urea groups is 1. The number of benzene rings is 2. The van der Waals surface area contributed by atoms with Crippen molar-refractivity contribution in [1.29, 1.82) is 0 Å². The Bertz CT molecular complexity index is 842. The maximum Gasteiger partial charge on any atom is 0.416 e. The number of halogens is 3. The number of amides is 2. The number of likely N-dealkylation sites (tertiary alicyclic amines) is 1. The van der Waals surface area contributed by atoms with E-state index >= 15 is 0 Å². The zero-order valence-electron chi connectivity index (χ0n) is 16.3. The van der Waals surface area contributed by atoms with E-state index in [0.29, 0.717) is 31.6 Å². The van der Waals surface area contributed by atoms with Crippen LogP contribution in [-0.2, 0) is 12.6 Å². The highest BCUT2D eigenvalue weighted by molar-refractivity contribution is 5.89. The molecule has 2 N–H and O–H groups in total. The Morgan fingerprint density at radius 2 is 1.72 bits per heavy atom. The van der Waals surface area contributed by atoms with Crippen molar-refractivity contribution < 1.29 is 23.1 Å². The number of rotatable bonds is 4. The summed E-state index contributed by atoms with van der Waals surface area (Å²) in [4.78, 5) is 14.1. The molecule has 1 fully saturated rings. The minimum absolute atomic E-state index is 0.132. The van der Waals surface area contributed by atoms with Gasteiger partial charge in [-0.1, -0.05) is 35.9 Å². The summed E-state index contributed by atoms with van der Waals surface area (Å²) in [6.07, 6.45) is -3.41. The fourth-order valence-electron chi connectivity index (χ4n) is 3.77. The van der Waals surface area contributed by atoms with Crippen LogP contribution in [0.5, 0.6) is 0 Å². The molecular formula is C22H25F3N2O2. The van der Waals surface area contributed by atoms with Gasteiger partial charge in [0.1, 0.15) is 0 Å². The van der Waals surface area contributed by atoms with E-state index in [4.69, 9.17) is 0 Å². The Morgan fingerprint density at radius 1 is 1.10 bits per heavy atom. The summed E-state index contributed by atoms with van der Waals surface area (Å²) >= 11 is 0. The standard InChI is InChI=1S/C22H25F3N2O2/c1-16-6-8-18(9-7-16)26-20(29)27-12-10-21(15-28,11-13-27)14-17-4-2-3-5-19(17)22(23,24)25/h2-9,28H,10-15H2,1H3,(H,26,29). The van der Waals surface area contributed by atoms with Crippen LogP contribution in [0.25, 0.3) is 0 Å². The van der Waals surface area contributed by atoms with Crippen LogP contribution in [-0.4, -0.2) is 35.7 Å². The number of aryl methyl sites for hydroxylation is 1. The molecule has 0 saturated carbocycles. The average Bonchev–Trinajstić information content (AvgIpc) is 2.70. The van der Waals surface area contributed by atoms with Gasteiger partial charge in [0.05, 0.1) is 5.56 Å². The van der Waals surface area contributed by atoms with Gasteiger partial charge in [0.15, 0.2) is 0 Å². The van der Waals surface area contributed by atoms with Gasteiger partial charge in [-0.3, -0.25) is 0 Å². The molecule has 1 aliphatic rings. The summed E-state index contributed by atoms with van der Waals surface area (Å²) in [5, 5.41) is 12.8. The molecule has 0 aromatic heterocycles. The lowest BCUT2D eigenvalue weighted by Crippen LogP contribution is -2.47. The Kier molecular flexibility index (Phi) is 6.17. The van der Waals surface area contributed by atoms with Gasteiger partial charge in [0.2, 0.25) is 0 Å². The lowest BCUT2D eigenvalue weighted by atomic mass is 9.73. The molecule has 4 nitrogen and oxygen atoms in total. The van der Waals surface area contributed by atoms with Crippen LogP contribution in [0.3, 0.4) is 0 Å². The monoisotopic (exact) mass is 406 g/mol. The Labute approximate surface area is 168 Å². The summed E-state index contributed by atoms with van der Waals surface area (Å²) in [7, 11) is 0. The van der Waals surface area contributed by atoms with Crippen LogP contribution in [0.15, 0.2) is 48.5 Å². The van der Waals surface area contributed by atoms with Crippen LogP contribution in [0, 0.1) is 12.3 Å². The van der Waals surface area contributed by atoms with Crippen molar-refractivity contribution in [3.63, 3.8) is 0 Å². The Morgan fingerprint density at radius 3 is 2.31 bits per heavy atom. The highest BCUT2D eigenvalue weighted by Crippen LogP contribution is 2.39. The van der Waals surface area contributed by atoms with Crippen molar-refractivity contribution in [3.8, 4) is 0 Å². The van der Waals surface area contributed by atoms with E-state index < -0.39 is 17.2 Å². The highest BCUT2D eigenvalue weighted by Gasteiger charge is 2.39. The van der Waals surface area contributed by atoms with Gasteiger partial charge >= 0.3 is 12.2 Å². The third kappa shape index (κ3) is 5.09. The minimum Gasteiger partial charge on any atom is -0.396 e. The highest BCUT2D eigenvalue weighted by atomic mass is 19.4. The smallest absolute Gasteiger partial charge is 0.396 e. The first-order valence-electron chi connectivity index (χ1n) is 9.61. The Hall–Kier alpha value is -2.54. The molecule has 0 radical (unpaired) electrons. The van der Waals surface area contributed by atoms with Crippen LogP contribution in [0.2, 0.25) is 0 Å². The van der Waals surface area contributed by atoms with E-state index in [1.807, 2.05) is 31.2 Å². The second kappa shape index (κ2) is 8.45. The van der Waals surface area contributed by atoms with Crippen molar-refractivity contribution in [2.24, 2.45) is 5.41 Å². The molecule has 156 valence electrons. The second-order valence-corrected chi connectivity index (χ2v) is 7.77. The number of carbonyl (C=O) groups is 1. The molecule has 1 heterocycles. The van der Waals surface area contributed by atoms with Crippen LogP contribution in [0.1, 0.15) is 29.5 Å². The quantitative estimate of drug-likeness (QED) is 0.762. The van der Waals surface area contributed by atoms with Crippen LogP contribution in [0.4, 0.5) is 23.7 Å². The number of aliphatic hydroxyl groups is 1. The lowest BCUT2D eigenvalue weighted by Gasteiger charge is -2.41. The summed E-state index contributed by atoms with van der Waals surface area (Å²) in [5.74, 6) is 0. The summed E-state index contributed by atoms with van der Waals surface area (Å²) in [5.41, 5.74) is 0.646. The molecule has 0 bridgehead atoms. The normalized spacial score (nSPS) is 16.5. The topological polar surface area (TPSA) is 52.6 Å². The molecule has 0 spiro atoms. The number of piperidine rings is 1. The fraction of sp³-hybridized carbons (Fsp3) is 0.409. The number of nitrogens with one attached hydrogen (secondary N) is 1. The van der Waals surface area contributed by atoms with Gasteiger partial charge < -0.3 is 15.3 Å². The molecule has 2 aromatic rings. The number of nitrogens with zero attached hydrogens (tertiary/aromatic N) is 1. The molecule has 29 heavy (non-hydrogen) atoms. The number of aliphatic hydroxyl groups excluding tert-OH is 1. The molecule has 0 aliphatic carbocycles. The number of carbonyl (C=O) groups excluding carboxylic acids is 1. The van der Waals surface area contributed by atoms with Gasteiger partial charge in [0, 0.05) is 30.8 Å². The summed E-state index contributed by atoms with van der Waals surface area (Å²) in [6, 6.07) is 12.7. The summed E-state index contributed by atoms with van der Waals surface area (Å²) in [6.45, 7) is 2.51. The number of anilines is 1. The van der Waals surface area contributed by atoms with Gasteiger partial charge in [-0.15, -0.1) is 0 Å². The van der Waals surface area contributed by atoms with Crippen LogP contribution >= 0.6 is 0 Å². The average molecular weight is 406 g/mol. The van der Waals surface area contributed by atoms with Crippen LogP contribution < -0.4 is 5.32 Å². The maximum absolute atomic E-state index is 13.3. The number of hydrogen-bond donors (Lipinski definition) is 2. The van der Waals surface area contributed by atoms with Crippen molar-refractivity contribution in [2.75, 3.05) is 25.0 Å². The van der Waals surface area contributed by atoms with E-state index in [0.717, 1.165) is 11.6 Å². The van der Waals surface area contributed by atoms with Gasteiger partial charge in [-0.05, 0) is 49.9 Å². The predicted octanol–water partition coefficient (Wildman–Crippen LogP) is 4.86. The molecule has 1 saturated heterocycles. The molecule has 7 heteroatoms. The van der Waals surface area contributed by atoms with Gasteiger partial charge in [0.25, 0.3) is 0 Å².